The van der Waals surface area contributed by atoms with E-state index in [2.05, 4.69) is 37.3 Å². The zero-order valence-corrected chi connectivity index (χ0v) is 32.3. The summed E-state index contributed by atoms with van der Waals surface area (Å²) in [6.07, 6.45) is 47.7. The maximum absolute atomic E-state index is 12.2. The number of allylic oxidation sites excluding steroid dienone is 8. The first-order chi connectivity index (χ1) is 24.5. The number of esters is 2. The van der Waals surface area contributed by atoms with Crippen molar-refractivity contribution < 1.29 is 29.3 Å². The van der Waals surface area contributed by atoms with Gasteiger partial charge in [-0.25, -0.2) is 0 Å². The summed E-state index contributed by atoms with van der Waals surface area (Å²) in [5, 5.41) is 19.3. The number of rotatable bonds is 36. The lowest BCUT2D eigenvalue weighted by molar-refractivity contribution is -0.161. The molecule has 2 N–H and O–H groups in total. The number of carbonyl (C=O) groups excluding carboxylic acids is 2. The van der Waals surface area contributed by atoms with Gasteiger partial charge in [-0.3, -0.25) is 9.59 Å². The van der Waals surface area contributed by atoms with Crippen LogP contribution in [0.25, 0.3) is 0 Å². The highest BCUT2D eigenvalue weighted by Gasteiger charge is 2.16. The Labute approximate surface area is 307 Å². The first-order valence-electron chi connectivity index (χ1n) is 20.5. The Morgan fingerprint density at radius 1 is 0.580 bits per heavy atom. The van der Waals surface area contributed by atoms with Crippen LogP contribution in [0.5, 0.6) is 0 Å². The van der Waals surface area contributed by atoms with E-state index in [-0.39, 0.29) is 31.6 Å². The van der Waals surface area contributed by atoms with Gasteiger partial charge in [0.15, 0.2) is 6.10 Å². The normalized spacial score (nSPS) is 13.4. The molecular weight excluding hydrogens is 624 g/mol. The van der Waals surface area contributed by atoms with Gasteiger partial charge in [0.25, 0.3) is 0 Å². The van der Waals surface area contributed by atoms with Gasteiger partial charge in [0.05, 0.1) is 12.7 Å². The highest BCUT2D eigenvalue weighted by Crippen LogP contribution is 2.15. The topological polar surface area (TPSA) is 93.1 Å². The monoisotopic (exact) mass is 701 g/mol. The van der Waals surface area contributed by atoms with Crippen molar-refractivity contribution in [2.75, 3.05) is 13.2 Å². The van der Waals surface area contributed by atoms with Crippen LogP contribution in [0.1, 0.15) is 181 Å². The lowest BCUT2D eigenvalue weighted by Gasteiger charge is -2.15. The molecule has 50 heavy (non-hydrogen) atoms. The van der Waals surface area contributed by atoms with Crippen molar-refractivity contribution in [2.24, 2.45) is 0 Å². The number of aliphatic hydroxyl groups is 2. The van der Waals surface area contributed by atoms with Gasteiger partial charge < -0.3 is 19.7 Å². The van der Waals surface area contributed by atoms with Crippen molar-refractivity contribution >= 4 is 11.9 Å². The molecule has 6 nitrogen and oxygen atoms in total. The van der Waals surface area contributed by atoms with Gasteiger partial charge in [-0.15, -0.1) is 0 Å². The standard InChI is InChI=1S/C44H76O6/c1-3-5-7-8-9-10-11-12-13-14-15-16-17-21-24-27-30-33-37-43(47)49-40-42(39-45)50-44(48)38-34-31-28-25-22-19-18-20-23-26-29-32-36-41(46)35-6-4-2/h6,18-19,23,25-26,28-29,32,35,41-42,45-46H,3-5,7-17,20-22,24,27,30-31,33-34,36-40H2,1-2H3/b19-18-,26-23-,28-25-,32-29+,35-6-/t41?,42-/m0/s1. The Hall–Kier alpha value is -2.44. The van der Waals surface area contributed by atoms with Crippen LogP contribution < -0.4 is 0 Å². The average molecular weight is 701 g/mol. The molecule has 0 fully saturated rings. The van der Waals surface area contributed by atoms with Gasteiger partial charge in [0.2, 0.25) is 0 Å². The molecule has 0 aromatic rings. The number of carbonyl (C=O) groups is 2. The van der Waals surface area contributed by atoms with E-state index >= 15 is 0 Å². The van der Waals surface area contributed by atoms with Gasteiger partial charge in [-0.2, -0.15) is 0 Å². The van der Waals surface area contributed by atoms with Crippen LogP contribution >= 0.6 is 0 Å². The lowest BCUT2D eigenvalue weighted by Crippen LogP contribution is -2.28. The van der Waals surface area contributed by atoms with Crippen molar-refractivity contribution in [2.45, 2.75) is 193 Å². The molecule has 0 spiro atoms. The summed E-state index contributed by atoms with van der Waals surface area (Å²) < 4.78 is 10.6. The second kappa shape index (κ2) is 39.3. The van der Waals surface area contributed by atoms with Crippen LogP contribution in [0.2, 0.25) is 0 Å². The summed E-state index contributed by atoms with van der Waals surface area (Å²) in [5.74, 6) is -0.681. The van der Waals surface area contributed by atoms with Crippen molar-refractivity contribution in [1.82, 2.24) is 0 Å². The molecule has 0 aromatic heterocycles. The molecule has 0 aliphatic carbocycles. The Balaban J connectivity index is 3.66. The van der Waals surface area contributed by atoms with E-state index in [0.29, 0.717) is 19.3 Å². The predicted molar refractivity (Wildman–Crippen MR) is 211 cm³/mol. The Morgan fingerprint density at radius 2 is 1.08 bits per heavy atom. The van der Waals surface area contributed by atoms with Crippen molar-refractivity contribution in [1.29, 1.82) is 0 Å². The molecule has 0 amide bonds. The molecule has 0 aromatic carbocycles. The summed E-state index contributed by atoms with van der Waals surface area (Å²) in [6, 6.07) is 0. The number of hydrogen-bond donors (Lipinski definition) is 2. The molecule has 6 heteroatoms. The highest BCUT2D eigenvalue weighted by atomic mass is 16.6. The van der Waals surface area contributed by atoms with Gasteiger partial charge in [0, 0.05) is 12.8 Å². The smallest absolute Gasteiger partial charge is 0.306 e. The van der Waals surface area contributed by atoms with Gasteiger partial charge in [0.1, 0.15) is 6.61 Å². The van der Waals surface area contributed by atoms with E-state index in [9.17, 15) is 19.8 Å². The molecule has 0 aliphatic rings. The van der Waals surface area contributed by atoms with Crippen LogP contribution in [0.15, 0.2) is 60.8 Å². The first-order valence-corrected chi connectivity index (χ1v) is 20.5. The Bertz CT molecular complexity index is 902. The van der Waals surface area contributed by atoms with Crippen molar-refractivity contribution in [3.8, 4) is 0 Å². The summed E-state index contributed by atoms with van der Waals surface area (Å²) in [4.78, 5) is 24.3. The molecule has 2 atom stereocenters. The summed E-state index contributed by atoms with van der Waals surface area (Å²) in [5.41, 5.74) is 0. The Kier molecular flexibility index (Phi) is 37.4. The SMILES string of the molecule is CC/C=C\C(O)C/C=C/C=C\C/C=C\C/C=C\CCCC(=O)O[C@@H](CO)COC(=O)CCCCCCCCCCCCCCCCCCCC. The quantitative estimate of drug-likeness (QED) is 0.0292. The fraction of sp³-hybridized carbons (Fsp3) is 0.727. The second-order valence-electron chi connectivity index (χ2n) is 13.5. The molecule has 288 valence electrons. The fourth-order valence-electron chi connectivity index (χ4n) is 5.55. The minimum absolute atomic E-state index is 0.0996. The zero-order valence-electron chi connectivity index (χ0n) is 32.3. The van der Waals surface area contributed by atoms with E-state index in [1.165, 1.54) is 96.3 Å². The maximum atomic E-state index is 12.2. The molecular formula is C44H76O6. The number of ether oxygens (including phenoxy) is 2. The second-order valence-corrected chi connectivity index (χ2v) is 13.5. The van der Waals surface area contributed by atoms with Crippen molar-refractivity contribution in [3.63, 3.8) is 0 Å². The van der Waals surface area contributed by atoms with Gasteiger partial charge >= 0.3 is 11.9 Å². The third-order valence-corrected chi connectivity index (χ3v) is 8.65. The predicted octanol–water partition coefficient (Wildman–Crippen LogP) is 11.8. The van der Waals surface area contributed by atoms with Crippen LogP contribution in [0, 0.1) is 0 Å². The summed E-state index contributed by atoms with van der Waals surface area (Å²) in [7, 11) is 0. The van der Waals surface area contributed by atoms with Crippen LogP contribution in [-0.2, 0) is 19.1 Å². The molecule has 0 saturated carbocycles. The first kappa shape index (κ1) is 47.6. The summed E-state index contributed by atoms with van der Waals surface area (Å²) in [6.45, 7) is 3.86. The maximum Gasteiger partial charge on any atom is 0.306 e. The third-order valence-electron chi connectivity index (χ3n) is 8.65. The molecule has 0 bridgehead atoms. The molecule has 0 aliphatic heterocycles. The largest absolute Gasteiger partial charge is 0.462 e. The van der Waals surface area contributed by atoms with Gasteiger partial charge in [-0.05, 0) is 44.9 Å². The Morgan fingerprint density at radius 3 is 1.64 bits per heavy atom. The lowest BCUT2D eigenvalue weighted by atomic mass is 10.0. The zero-order chi connectivity index (χ0) is 36.6. The average Bonchev–Trinajstić information content (AvgIpc) is 3.11. The number of aliphatic hydroxyl groups excluding tert-OH is 2. The minimum atomic E-state index is -0.813. The summed E-state index contributed by atoms with van der Waals surface area (Å²) >= 11 is 0. The fourth-order valence-corrected chi connectivity index (χ4v) is 5.55. The van der Waals surface area contributed by atoms with Crippen molar-refractivity contribution in [3.05, 3.63) is 60.8 Å². The van der Waals surface area contributed by atoms with E-state index in [1.807, 2.05) is 37.3 Å². The van der Waals surface area contributed by atoms with E-state index < -0.39 is 12.2 Å². The van der Waals surface area contributed by atoms with Crippen LogP contribution in [-0.4, -0.2) is 47.6 Å². The number of unbranched alkanes of at least 4 members (excludes halogenated alkanes) is 18. The van der Waals surface area contributed by atoms with E-state index in [0.717, 1.165) is 44.9 Å². The number of hydrogen-bond acceptors (Lipinski definition) is 6. The molecule has 0 radical (unpaired) electrons. The highest BCUT2D eigenvalue weighted by molar-refractivity contribution is 5.70. The molecule has 0 heterocycles. The van der Waals surface area contributed by atoms with E-state index in [4.69, 9.17) is 9.47 Å². The van der Waals surface area contributed by atoms with Crippen LogP contribution in [0.4, 0.5) is 0 Å². The molecule has 0 rings (SSSR count). The molecule has 0 saturated heterocycles. The molecule has 1 unspecified atom stereocenters. The van der Waals surface area contributed by atoms with Crippen LogP contribution in [0.3, 0.4) is 0 Å². The third kappa shape index (κ3) is 36.8. The van der Waals surface area contributed by atoms with Gasteiger partial charge in [-0.1, -0.05) is 184 Å². The van der Waals surface area contributed by atoms with E-state index in [1.54, 1.807) is 0 Å². The minimum Gasteiger partial charge on any atom is -0.462 e.